The molecular weight excluding hydrogens is 486 g/mol. The Labute approximate surface area is 230 Å². The van der Waals surface area contributed by atoms with Crippen molar-refractivity contribution in [2.75, 3.05) is 0 Å². The smallest absolute Gasteiger partial charge is 0.180 e. The van der Waals surface area contributed by atoms with Crippen molar-refractivity contribution in [3.05, 3.63) is 78.7 Å². The van der Waals surface area contributed by atoms with Crippen molar-refractivity contribution in [2.24, 2.45) is 4.99 Å². The fourth-order valence-electron chi connectivity index (χ4n) is 5.46. The second-order valence-electron chi connectivity index (χ2n) is 10.0. The van der Waals surface area contributed by atoms with Gasteiger partial charge in [0.05, 0.1) is 28.9 Å². The zero-order valence-corrected chi connectivity index (χ0v) is 24.3. The van der Waals surface area contributed by atoms with E-state index >= 15 is 0 Å². The van der Waals surface area contributed by atoms with Gasteiger partial charge in [0.25, 0.3) is 0 Å². The number of ketones is 1. The highest BCUT2D eigenvalue weighted by molar-refractivity contribution is 6.49. The summed E-state index contributed by atoms with van der Waals surface area (Å²) in [6.45, 7) is 16.5. The number of nitrogens with zero attached hydrogens (tertiary/aromatic N) is 2. The van der Waals surface area contributed by atoms with E-state index in [1.54, 1.807) is 19.2 Å². The van der Waals surface area contributed by atoms with Crippen molar-refractivity contribution in [1.29, 1.82) is 5.41 Å². The van der Waals surface area contributed by atoms with Gasteiger partial charge in [0.1, 0.15) is 5.76 Å². The van der Waals surface area contributed by atoms with Crippen LogP contribution in [0.3, 0.4) is 0 Å². The molecule has 0 atom stereocenters. The lowest BCUT2D eigenvalue weighted by atomic mass is 9.99. The zero-order chi connectivity index (χ0) is 28.4. The van der Waals surface area contributed by atoms with Crippen LogP contribution in [0.1, 0.15) is 92.4 Å². The molecule has 3 N–H and O–H groups in total. The molecule has 0 spiro atoms. The fourth-order valence-corrected chi connectivity index (χ4v) is 5.46. The van der Waals surface area contributed by atoms with E-state index in [1.807, 2.05) is 6.92 Å². The van der Waals surface area contributed by atoms with Crippen LogP contribution in [-0.2, 0) is 17.6 Å². The largest absolute Gasteiger partial charge is 0.361 e. The first-order valence-electron chi connectivity index (χ1n) is 13.8. The van der Waals surface area contributed by atoms with Gasteiger partial charge in [0.2, 0.25) is 0 Å². The second kappa shape index (κ2) is 11.4. The maximum atomic E-state index is 12.0. The Hall–Kier alpha value is -4.00. The molecule has 0 aromatic carbocycles. The van der Waals surface area contributed by atoms with Crippen LogP contribution >= 0.6 is 0 Å². The van der Waals surface area contributed by atoms with Crippen LogP contribution in [0.5, 0.6) is 0 Å². The maximum Gasteiger partial charge on any atom is 0.180 e. The molecule has 0 aliphatic carbocycles. The van der Waals surface area contributed by atoms with Crippen LogP contribution < -0.4 is 10.7 Å². The molecule has 0 unspecified atom stereocenters. The van der Waals surface area contributed by atoms with E-state index in [4.69, 9.17) is 14.9 Å². The van der Waals surface area contributed by atoms with Crippen molar-refractivity contribution in [3.63, 3.8) is 0 Å². The molecule has 7 heteroatoms. The van der Waals surface area contributed by atoms with Gasteiger partial charge in [-0.15, -0.1) is 0 Å². The number of hydrogen-bond donors (Lipinski definition) is 3. The standard InChI is InChI=1S/C32H39N5O2/c1-9-21-17(5)26(35-28(21)13-25(33)31(38)12-4)14-27-18(6)22(10-2)29(36-27)15-30-23(11-3)19(7)32(37-30)24-16-34-39-20(24)8/h13-16,33,35-36H,9-12H2,1-8H3/b26-14-,28-13-,30-15?,33-25?. The minimum atomic E-state index is -0.159. The predicted octanol–water partition coefficient (Wildman–Crippen LogP) is 5.56. The summed E-state index contributed by atoms with van der Waals surface area (Å²) in [5.41, 5.74) is 12.1. The molecule has 0 radical (unpaired) electrons. The average molecular weight is 526 g/mol. The number of nitrogens with one attached hydrogen (secondary N) is 3. The van der Waals surface area contributed by atoms with Crippen molar-refractivity contribution in [3.8, 4) is 0 Å². The molecule has 0 bridgehead atoms. The first-order chi connectivity index (χ1) is 18.6. The van der Waals surface area contributed by atoms with Gasteiger partial charge in [-0.2, -0.15) is 0 Å². The van der Waals surface area contributed by atoms with Crippen molar-refractivity contribution < 1.29 is 9.32 Å². The molecule has 1 aliphatic rings. The summed E-state index contributed by atoms with van der Waals surface area (Å²) in [4.78, 5) is 24.2. The summed E-state index contributed by atoms with van der Waals surface area (Å²) in [6, 6.07) is 0. The SMILES string of the molecule is CCC(=O)C(=N)/C=c1\[nH]/c(=C\c2[nH]c(C=C3N=C(c4cnoc4C)C(C)=C3CC)c(CC)c2C)c(C)c1CC. The highest BCUT2D eigenvalue weighted by atomic mass is 16.5. The molecule has 4 heterocycles. The summed E-state index contributed by atoms with van der Waals surface area (Å²) in [6.07, 6.45) is 10.6. The maximum absolute atomic E-state index is 12.0. The number of aryl methyl sites for hydroxylation is 1. The lowest BCUT2D eigenvalue weighted by Gasteiger charge is -2.03. The van der Waals surface area contributed by atoms with Gasteiger partial charge in [0, 0.05) is 28.5 Å². The molecule has 204 valence electrons. The molecule has 0 amide bonds. The number of aromatic amines is 2. The second-order valence-corrected chi connectivity index (χ2v) is 10.0. The minimum Gasteiger partial charge on any atom is -0.361 e. The number of aliphatic imine (C=N–C) groups is 1. The number of carbonyl (C=O) groups is 1. The van der Waals surface area contributed by atoms with Crippen molar-refractivity contribution in [2.45, 2.75) is 81.1 Å². The fraction of sp³-hybridized carbons (Fsp3) is 0.375. The Morgan fingerprint density at radius 2 is 1.64 bits per heavy atom. The molecule has 4 rings (SSSR count). The van der Waals surface area contributed by atoms with Crippen molar-refractivity contribution in [1.82, 2.24) is 15.1 Å². The number of rotatable bonds is 9. The van der Waals surface area contributed by atoms with Gasteiger partial charge < -0.3 is 14.5 Å². The molecule has 0 saturated carbocycles. The topological polar surface area (TPSA) is 111 Å². The van der Waals surface area contributed by atoms with Crippen LogP contribution in [0.15, 0.2) is 32.6 Å². The van der Waals surface area contributed by atoms with E-state index in [0.717, 1.165) is 80.8 Å². The lowest BCUT2D eigenvalue weighted by molar-refractivity contribution is -0.112. The summed E-state index contributed by atoms with van der Waals surface area (Å²) >= 11 is 0. The minimum absolute atomic E-state index is 0.0335. The van der Waals surface area contributed by atoms with Crippen LogP contribution in [0.4, 0.5) is 0 Å². The van der Waals surface area contributed by atoms with Crippen LogP contribution in [0.2, 0.25) is 0 Å². The van der Waals surface area contributed by atoms with Crippen LogP contribution in [0, 0.1) is 26.2 Å². The Morgan fingerprint density at radius 3 is 2.23 bits per heavy atom. The summed E-state index contributed by atoms with van der Waals surface area (Å²) < 4.78 is 5.31. The number of aromatic nitrogens is 3. The third-order valence-corrected chi connectivity index (χ3v) is 7.80. The molecule has 0 saturated heterocycles. The van der Waals surface area contributed by atoms with Gasteiger partial charge in [-0.1, -0.05) is 32.9 Å². The Bertz CT molecular complexity index is 1670. The van der Waals surface area contributed by atoms with Gasteiger partial charge in [-0.3, -0.25) is 10.2 Å². The normalized spacial score (nSPS) is 15.7. The number of Topliss-reactive ketones (excluding diaryl/α,β-unsaturated/α-hetero) is 1. The van der Waals surface area contributed by atoms with Gasteiger partial charge >= 0.3 is 0 Å². The summed E-state index contributed by atoms with van der Waals surface area (Å²) in [5, 5.41) is 13.9. The molecule has 3 aromatic rings. The monoisotopic (exact) mass is 525 g/mol. The Balaban J connectivity index is 1.83. The molecule has 3 aromatic heterocycles. The van der Waals surface area contributed by atoms with E-state index < -0.39 is 0 Å². The van der Waals surface area contributed by atoms with Gasteiger partial charge in [-0.25, -0.2) is 4.99 Å². The third-order valence-electron chi connectivity index (χ3n) is 7.80. The third kappa shape index (κ3) is 5.18. The van der Waals surface area contributed by atoms with E-state index in [9.17, 15) is 4.79 Å². The molecule has 7 nitrogen and oxygen atoms in total. The van der Waals surface area contributed by atoms with Crippen molar-refractivity contribution >= 4 is 35.4 Å². The van der Waals surface area contributed by atoms with Crippen LogP contribution in [-0.4, -0.2) is 32.3 Å². The Morgan fingerprint density at radius 1 is 0.923 bits per heavy atom. The number of hydrogen-bond acceptors (Lipinski definition) is 5. The summed E-state index contributed by atoms with van der Waals surface area (Å²) in [5.74, 6) is 0.609. The number of allylic oxidation sites excluding steroid dienone is 2. The first kappa shape index (κ1) is 28.0. The van der Waals surface area contributed by atoms with Gasteiger partial charge in [0.15, 0.2) is 5.78 Å². The Kier molecular flexibility index (Phi) is 8.19. The van der Waals surface area contributed by atoms with Crippen LogP contribution in [0.25, 0.3) is 18.2 Å². The lowest BCUT2D eigenvalue weighted by Crippen LogP contribution is -2.18. The average Bonchev–Trinajstić information content (AvgIpc) is 3.63. The molecule has 0 fully saturated rings. The highest BCUT2D eigenvalue weighted by Crippen LogP contribution is 2.33. The number of H-pyrrole nitrogens is 2. The first-order valence-corrected chi connectivity index (χ1v) is 13.8. The molecule has 39 heavy (non-hydrogen) atoms. The summed E-state index contributed by atoms with van der Waals surface area (Å²) in [7, 11) is 0. The predicted molar refractivity (Wildman–Crippen MR) is 159 cm³/mol. The zero-order valence-electron chi connectivity index (χ0n) is 24.3. The van der Waals surface area contributed by atoms with E-state index in [0.29, 0.717) is 6.42 Å². The quantitative estimate of drug-likeness (QED) is 0.318. The highest BCUT2D eigenvalue weighted by Gasteiger charge is 2.24. The van der Waals surface area contributed by atoms with Gasteiger partial charge in [-0.05, 0) is 98.6 Å². The molecular formula is C32H39N5O2. The molecule has 1 aliphatic heterocycles. The van der Waals surface area contributed by atoms with E-state index in [-0.39, 0.29) is 11.5 Å². The number of carbonyl (C=O) groups excluding carboxylic acids is 1. The van der Waals surface area contributed by atoms with E-state index in [2.05, 4.69) is 68.8 Å². The van der Waals surface area contributed by atoms with E-state index in [1.165, 1.54) is 16.7 Å².